The Balaban J connectivity index is 2.26. The highest BCUT2D eigenvalue weighted by Crippen LogP contribution is 2.22. The van der Waals surface area contributed by atoms with Crippen LogP contribution in [0, 0.1) is 0 Å². The summed E-state index contributed by atoms with van der Waals surface area (Å²) in [4.78, 5) is 8.12. The van der Waals surface area contributed by atoms with Gasteiger partial charge in [-0.1, -0.05) is 18.2 Å². The van der Waals surface area contributed by atoms with Crippen molar-refractivity contribution >= 4 is 0 Å². The molecule has 0 aliphatic rings. The fourth-order valence-corrected chi connectivity index (χ4v) is 1.23. The zero-order valence-corrected chi connectivity index (χ0v) is 9.58. The van der Waals surface area contributed by atoms with E-state index in [1.54, 1.807) is 6.07 Å². The van der Waals surface area contributed by atoms with Crippen LogP contribution in [0.5, 0.6) is 23.5 Å². The maximum absolute atomic E-state index is 5.48. The van der Waals surface area contributed by atoms with Crippen LogP contribution in [0.25, 0.3) is 0 Å². The number of nitrogens with zero attached hydrogens (tertiary/aromatic N) is 2. The minimum atomic E-state index is 0.187. The highest BCUT2D eigenvalue weighted by molar-refractivity contribution is 5.27. The van der Waals surface area contributed by atoms with Crippen LogP contribution in [0.1, 0.15) is 0 Å². The van der Waals surface area contributed by atoms with E-state index in [-0.39, 0.29) is 6.01 Å². The van der Waals surface area contributed by atoms with Gasteiger partial charge in [-0.05, 0) is 12.1 Å². The van der Waals surface area contributed by atoms with Gasteiger partial charge in [-0.25, -0.2) is 0 Å². The van der Waals surface area contributed by atoms with E-state index in [1.807, 2.05) is 30.3 Å². The smallest absolute Gasteiger partial charge is 0.328 e. The molecule has 5 nitrogen and oxygen atoms in total. The van der Waals surface area contributed by atoms with E-state index in [0.717, 1.165) is 0 Å². The zero-order valence-electron chi connectivity index (χ0n) is 9.58. The Morgan fingerprint density at radius 3 is 2.00 bits per heavy atom. The first-order valence-corrected chi connectivity index (χ1v) is 5.02. The van der Waals surface area contributed by atoms with Gasteiger partial charge in [-0.3, -0.25) is 0 Å². The van der Waals surface area contributed by atoms with Gasteiger partial charge in [0.25, 0.3) is 0 Å². The number of aromatic nitrogens is 2. The summed E-state index contributed by atoms with van der Waals surface area (Å²) in [5.74, 6) is 1.44. The van der Waals surface area contributed by atoms with Gasteiger partial charge in [0, 0.05) is 0 Å². The third-order valence-corrected chi connectivity index (χ3v) is 2.03. The van der Waals surface area contributed by atoms with Crippen LogP contribution in [0.4, 0.5) is 0 Å². The summed E-state index contributed by atoms with van der Waals surface area (Å²) in [5, 5.41) is 0. The molecule has 0 saturated carbocycles. The van der Waals surface area contributed by atoms with Gasteiger partial charge in [0.1, 0.15) is 5.75 Å². The second kappa shape index (κ2) is 5.16. The van der Waals surface area contributed by atoms with Crippen molar-refractivity contribution in [2.24, 2.45) is 0 Å². The van der Waals surface area contributed by atoms with Crippen molar-refractivity contribution < 1.29 is 14.2 Å². The Bertz CT molecular complexity index is 466. The summed E-state index contributed by atoms with van der Waals surface area (Å²) in [5.41, 5.74) is 0. The van der Waals surface area contributed by atoms with Gasteiger partial charge in [0.2, 0.25) is 11.8 Å². The molecule has 0 unspecified atom stereocenters. The third-order valence-electron chi connectivity index (χ3n) is 2.03. The standard InChI is InChI=1S/C12H12N2O3/c1-15-10-8-11(16-2)14-12(13-10)17-9-6-4-3-5-7-9/h3-8H,1-2H3. The fraction of sp³-hybridized carbons (Fsp3) is 0.167. The number of benzene rings is 1. The Morgan fingerprint density at radius 2 is 1.47 bits per heavy atom. The fourth-order valence-electron chi connectivity index (χ4n) is 1.23. The van der Waals surface area contributed by atoms with Crippen LogP contribution in [0.15, 0.2) is 36.4 Å². The van der Waals surface area contributed by atoms with Crippen molar-refractivity contribution in [3.05, 3.63) is 36.4 Å². The average molecular weight is 232 g/mol. The van der Waals surface area contributed by atoms with Crippen molar-refractivity contribution in [3.63, 3.8) is 0 Å². The van der Waals surface area contributed by atoms with E-state index in [2.05, 4.69) is 9.97 Å². The summed E-state index contributed by atoms with van der Waals surface area (Å²) < 4.78 is 15.5. The summed E-state index contributed by atoms with van der Waals surface area (Å²) in [6.07, 6.45) is 0. The third kappa shape index (κ3) is 2.84. The molecule has 0 radical (unpaired) electrons. The molecular weight excluding hydrogens is 220 g/mol. The predicted octanol–water partition coefficient (Wildman–Crippen LogP) is 2.29. The monoisotopic (exact) mass is 232 g/mol. The van der Waals surface area contributed by atoms with Crippen LogP contribution in [-0.2, 0) is 0 Å². The molecule has 0 amide bonds. The van der Waals surface area contributed by atoms with Crippen LogP contribution in [0.2, 0.25) is 0 Å². The highest BCUT2D eigenvalue weighted by Gasteiger charge is 2.07. The second-order valence-corrected chi connectivity index (χ2v) is 3.15. The second-order valence-electron chi connectivity index (χ2n) is 3.15. The van der Waals surface area contributed by atoms with E-state index in [4.69, 9.17) is 14.2 Å². The molecule has 88 valence electrons. The summed E-state index contributed by atoms with van der Waals surface area (Å²) >= 11 is 0. The number of hydrogen-bond donors (Lipinski definition) is 0. The molecule has 0 N–H and O–H groups in total. The molecule has 1 aromatic heterocycles. The minimum absolute atomic E-state index is 0.187. The number of methoxy groups -OCH3 is 2. The first kappa shape index (κ1) is 11.2. The predicted molar refractivity (Wildman–Crippen MR) is 61.7 cm³/mol. The minimum Gasteiger partial charge on any atom is -0.481 e. The van der Waals surface area contributed by atoms with Crippen molar-refractivity contribution in [1.29, 1.82) is 0 Å². The Hall–Kier alpha value is -2.30. The molecule has 2 rings (SSSR count). The molecule has 0 fully saturated rings. The molecule has 0 aliphatic heterocycles. The molecule has 0 bridgehead atoms. The maximum atomic E-state index is 5.48. The van der Waals surface area contributed by atoms with Gasteiger partial charge in [0.05, 0.1) is 20.3 Å². The zero-order chi connectivity index (χ0) is 12.1. The number of ether oxygens (including phenoxy) is 3. The average Bonchev–Trinajstić information content (AvgIpc) is 2.39. The molecule has 17 heavy (non-hydrogen) atoms. The van der Waals surface area contributed by atoms with Crippen molar-refractivity contribution in [2.75, 3.05) is 14.2 Å². The molecule has 0 saturated heterocycles. The van der Waals surface area contributed by atoms with Gasteiger partial charge in [-0.15, -0.1) is 0 Å². The van der Waals surface area contributed by atoms with Gasteiger partial charge in [0.15, 0.2) is 0 Å². The molecule has 1 aromatic carbocycles. The first-order valence-electron chi connectivity index (χ1n) is 5.02. The molecule has 0 aliphatic carbocycles. The van der Waals surface area contributed by atoms with E-state index in [1.165, 1.54) is 14.2 Å². The lowest BCUT2D eigenvalue weighted by atomic mass is 10.3. The van der Waals surface area contributed by atoms with Crippen LogP contribution >= 0.6 is 0 Å². The van der Waals surface area contributed by atoms with Crippen molar-refractivity contribution in [2.45, 2.75) is 0 Å². The van der Waals surface area contributed by atoms with Gasteiger partial charge in [-0.2, -0.15) is 9.97 Å². The van der Waals surface area contributed by atoms with Gasteiger partial charge >= 0.3 is 6.01 Å². The topological polar surface area (TPSA) is 53.5 Å². The van der Waals surface area contributed by atoms with E-state index >= 15 is 0 Å². The molecule has 1 heterocycles. The summed E-state index contributed by atoms with van der Waals surface area (Å²) in [6.45, 7) is 0. The molecule has 2 aromatic rings. The Labute approximate surface area is 99.0 Å². The summed E-state index contributed by atoms with van der Waals surface area (Å²) in [7, 11) is 3.04. The number of rotatable bonds is 4. The van der Waals surface area contributed by atoms with Crippen LogP contribution < -0.4 is 14.2 Å². The Kier molecular flexibility index (Phi) is 3.40. The van der Waals surface area contributed by atoms with E-state index < -0.39 is 0 Å². The SMILES string of the molecule is COc1cc(OC)nc(Oc2ccccc2)n1. The lowest BCUT2D eigenvalue weighted by molar-refractivity contribution is 0.348. The number of para-hydroxylation sites is 1. The highest BCUT2D eigenvalue weighted by atomic mass is 16.5. The molecule has 5 heteroatoms. The lowest BCUT2D eigenvalue weighted by Gasteiger charge is -2.07. The Morgan fingerprint density at radius 1 is 0.882 bits per heavy atom. The number of hydrogen-bond acceptors (Lipinski definition) is 5. The largest absolute Gasteiger partial charge is 0.481 e. The van der Waals surface area contributed by atoms with Crippen LogP contribution in [-0.4, -0.2) is 24.2 Å². The first-order chi connectivity index (χ1) is 8.31. The quantitative estimate of drug-likeness (QED) is 0.809. The van der Waals surface area contributed by atoms with Crippen molar-refractivity contribution in [3.8, 4) is 23.5 Å². The molecule has 0 spiro atoms. The van der Waals surface area contributed by atoms with Crippen LogP contribution in [0.3, 0.4) is 0 Å². The lowest BCUT2D eigenvalue weighted by Crippen LogP contribution is -1.97. The molecular formula is C12H12N2O3. The molecule has 0 atom stereocenters. The van der Waals surface area contributed by atoms with E-state index in [9.17, 15) is 0 Å². The van der Waals surface area contributed by atoms with Gasteiger partial charge < -0.3 is 14.2 Å². The normalized spacial score (nSPS) is 9.76. The van der Waals surface area contributed by atoms with Crippen molar-refractivity contribution in [1.82, 2.24) is 9.97 Å². The van der Waals surface area contributed by atoms with E-state index in [0.29, 0.717) is 17.5 Å². The summed E-state index contributed by atoms with van der Waals surface area (Å²) in [6, 6.07) is 11.0. The maximum Gasteiger partial charge on any atom is 0.328 e.